The third-order valence-corrected chi connectivity index (χ3v) is 14.8. The molecule has 0 radical (unpaired) electrons. The first-order valence-corrected chi connectivity index (χ1v) is 20.9. The van der Waals surface area contributed by atoms with Crippen molar-refractivity contribution in [1.82, 2.24) is 0 Å². The lowest BCUT2D eigenvalue weighted by Crippen LogP contribution is -2.49. The van der Waals surface area contributed by atoms with E-state index in [1.807, 2.05) is 6.07 Å². The van der Waals surface area contributed by atoms with Crippen molar-refractivity contribution >= 4 is 90.2 Å². The van der Waals surface area contributed by atoms with Crippen molar-refractivity contribution in [3.63, 3.8) is 0 Å². The molecule has 0 aliphatic carbocycles. The number of para-hydroxylation sites is 2. The third-order valence-electron chi connectivity index (χ3n) is 11.3. The van der Waals surface area contributed by atoms with Crippen LogP contribution in [0, 0.1) is 0 Å². The van der Waals surface area contributed by atoms with Gasteiger partial charge in [0.25, 0.3) is 0 Å². The lowest BCUT2D eigenvalue weighted by atomic mass is 9.96. The van der Waals surface area contributed by atoms with E-state index in [4.69, 9.17) is 8.83 Å². The highest BCUT2D eigenvalue weighted by molar-refractivity contribution is 7.04. The first kappa shape index (κ1) is 29.4. The zero-order chi connectivity index (χ0) is 34.6. The number of hydrogen-bond donors (Lipinski definition) is 0. The molecule has 0 fully saturated rings. The van der Waals surface area contributed by atoms with E-state index in [2.05, 4.69) is 176 Å². The van der Waals surface area contributed by atoms with E-state index >= 15 is 0 Å². The molecule has 0 saturated carbocycles. The van der Waals surface area contributed by atoms with Gasteiger partial charge in [-0.25, -0.2) is 0 Å². The summed E-state index contributed by atoms with van der Waals surface area (Å²) in [6.07, 6.45) is 0. The standard InChI is InChI=1S/C48H33NO2Si/c1-52(2)43-23-11-19-38(47(43)48-44(52)29-28-42-46(48)36-16-6-8-21-40(36)51-42)49(37-18-10-22-41-45(37)35-15-5-7-20-39(35)50-41)32-26-24-31(25-27-32)34-17-9-13-30-12-3-4-14-33(30)34/h3-29H,1-2H3. The van der Waals surface area contributed by atoms with E-state index in [9.17, 15) is 0 Å². The summed E-state index contributed by atoms with van der Waals surface area (Å²) in [4.78, 5) is 2.47. The van der Waals surface area contributed by atoms with Gasteiger partial charge in [-0.1, -0.05) is 128 Å². The minimum Gasteiger partial charge on any atom is -0.456 e. The van der Waals surface area contributed by atoms with Gasteiger partial charge in [-0.2, -0.15) is 0 Å². The fraction of sp³-hybridized carbons (Fsp3) is 0.0417. The number of benzene rings is 8. The Morgan fingerprint density at radius 3 is 1.79 bits per heavy atom. The Morgan fingerprint density at radius 2 is 1.00 bits per heavy atom. The largest absolute Gasteiger partial charge is 0.456 e. The second-order valence-corrected chi connectivity index (χ2v) is 18.8. The number of hydrogen-bond acceptors (Lipinski definition) is 3. The Bertz CT molecular complexity index is 3050. The van der Waals surface area contributed by atoms with Crippen LogP contribution < -0.4 is 15.3 Å². The SMILES string of the molecule is C[Si]1(C)c2cccc(N(c3ccc(-c4cccc5ccccc45)cc3)c3cccc4oc5ccccc5c34)c2-c2c1ccc1oc3ccccc3c21. The average molecular weight is 684 g/mol. The van der Waals surface area contributed by atoms with Crippen LogP contribution in [0.15, 0.2) is 173 Å². The normalized spacial score (nSPS) is 13.3. The topological polar surface area (TPSA) is 29.5 Å². The molecular formula is C48H33NO2Si. The summed E-state index contributed by atoms with van der Waals surface area (Å²) in [6.45, 7) is 4.98. The van der Waals surface area contributed by atoms with Crippen molar-refractivity contribution in [2.75, 3.05) is 4.90 Å². The summed E-state index contributed by atoms with van der Waals surface area (Å²) in [7, 11) is -2.09. The van der Waals surface area contributed by atoms with Crippen molar-refractivity contribution in [3.05, 3.63) is 164 Å². The van der Waals surface area contributed by atoms with Crippen molar-refractivity contribution in [1.29, 1.82) is 0 Å². The molecular weight excluding hydrogens is 651 g/mol. The van der Waals surface area contributed by atoms with Gasteiger partial charge in [0.15, 0.2) is 0 Å². The minimum absolute atomic E-state index is 0.877. The van der Waals surface area contributed by atoms with E-state index in [1.54, 1.807) is 0 Å². The highest BCUT2D eigenvalue weighted by atomic mass is 28.3. The summed E-state index contributed by atoms with van der Waals surface area (Å²) in [5, 5.41) is 9.98. The van der Waals surface area contributed by atoms with E-state index in [0.717, 1.165) is 55.6 Å². The minimum atomic E-state index is -2.09. The van der Waals surface area contributed by atoms with Crippen molar-refractivity contribution < 1.29 is 8.83 Å². The second kappa shape index (κ2) is 10.8. The van der Waals surface area contributed by atoms with Gasteiger partial charge in [0.1, 0.15) is 30.4 Å². The molecule has 4 heteroatoms. The summed E-state index contributed by atoms with van der Waals surface area (Å²) < 4.78 is 13.0. The zero-order valence-electron chi connectivity index (χ0n) is 28.9. The van der Waals surface area contributed by atoms with Crippen LogP contribution in [0.5, 0.6) is 0 Å². The molecule has 52 heavy (non-hydrogen) atoms. The van der Waals surface area contributed by atoms with Crippen LogP contribution in [0.2, 0.25) is 13.1 Å². The van der Waals surface area contributed by atoms with Gasteiger partial charge in [-0.3, -0.25) is 0 Å². The predicted octanol–water partition coefficient (Wildman–Crippen LogP) is 12.6. The van der Waals surface area contributed by atoms with Crippen LogP contribution >= 0.6 is 0 Å². The van der Waals surface area contributed by atoms with Crippen LogP contribution in [0.25, 0.3) is 76.9 Å². The Morgan fingerprint density at radius 1 is 0.423 bits per heavy atom. The molecule has 1 aliphatic rings. The molecule has 0 N–H and O–H groups in total. The third kappa shape index (κ3) is 4.07. The first-order chi connectivity index (χ1) is 25.6. The highest BCUT2D eigenvalue weighted by Gasteiger charge is 2.41. The smallest absolute Gasteiger partial charge is 0.137 e. The zero-order valence-corrected chi connectivity index (χ0v) is 29.9. The van der Waals surface area contributed by atoms with Crippen LogP contribution in [-0.2, 0) is 0 Å². The molecule has 246 valence electrons. The lowest BCUT2D eigenvalue weighted by molar-refractivity contribution is 0.668. The Kier molecular flexibility index (Phi) is 6.11. The fourth-order valence-electron chi connectivity index (χ4n) is 8.87. The van der Waals surface area contributed by atoms with Crippen LogP contribution in [0.4, 0.5) is 17.1 Å². The molecule has 0 spiro atoms. The van der Waals surface area contributed by atoms with Crippen LogP contribution in [0.3, 0.4) is 0 Å². The van der Waals surface area contributed by atoms with Gasteiger partial charge in [0.05, 0.1) is 16.8 Å². The summed E-state index contributed by atoms with van der Waals surface area (Å²) in [6, 6.07) is 59.1. The quantitative estimate of drug-likeness (QED) is 0.173. The molecule has 11 rings (SSSR count). The molecule has 8 aromatic carbocycles. The van der Waals surface area contributed by atoms with Crippen molar-refractivity contribution in [2.24, 2.45) is 0 Å². The number of furan rings is 2. The van der Waals surface area contributed by atoms with Gasteiger partial charge < -0.3 is 13.7 Å². The maximum absolute atomic E-state index is 6.50. The lowest BCUT2D eigenvalue weighted by Gasteiger charge is -2.29. The fourth-order valence-corrected chi connectivity index (χ4v) is 11.9. The molecule has 0 unspecified atom stereocenters. The Labute approximate surface area is 302 Å². The monoisotopic (exact) mass is 683 g/mol. The average Bonchev–Trinajstić information content (AvgIpc) is 3.83. The molecule has 2 aromatic heterocycles. The predicted molar refractivity (Wildman–Crippen MR) is 221 cm³/mol. The van der Waals surface area contributed by atoms with Gasteiger partial charge in [0.2, 0.25) is 0 Å². The molecule has 10 aromatic rings. The maximum Gasteiger partial charge on any atom is 0.137 e. The first-order valence-electron chi connectivity index (χ1n) is 17.9. The van der Waals surface area contributed by atoms with Crippen LogP contribution in [0.1, 0.15) is 0 Å². The molecule has 0 bridgehead atoms. The molecule has 0 saturated heterocycles. The maximum atomic E-state index is 6.50. The van der Waals surface area contributed by atoms with Crippen LogP contribution in [-0.4, -0.2) is 8.07 Å². The molecule has 0 amide bonds. The molecule has 1 aliphatic heterocycles. The number of rotatable bonds is 4. The van der Waals surface area contributed by atoms with E-state index in [0.29, 0.717) is 0 Å². The summed E-state index contributed by atoms with van der Waals surface area (Å²) in [5.41, 5.74) is 12.0. The second-order valence-electron chi connectivity index (χ2n) is 14.4. The molecule has 3 nitrogen and oxygen atoms in total. The summed E-state index contributed by atoms with van der Waals surface area (Å²) >= 11 is 0. The molecule has 3 heterocycles. The van der Waals surface area contributed by atoms with Gasteiger partial charge >= 0.3 is 0 Å². The van der Waals surface area contributed by atoms with Gasteiger partial charge in [-0.15, -0.1) is 0 Å². The highest BCUT2D eigenvalue weighted by Crippen LogP contribution is 2.49. The Balaban J connectivity index is 1.21. The van der Waals surface area contributed by atoms with E-state index in [-0.39, 0.29) is 0 Å². The number of anilines is 3. The van der Waals surface area contributed by atoms with E-state index in [1.165, 1.54) is 48.8 Å². The van der Waals surface area contributed by atoms with Gasteiger partial charge in [-0.05, 0) is 86.4 Å². The van der Waals surface area contributed by atoms with E-state index < -0.39 is 8.07 Å². The van der Waals surface area contributed by atoms with Crippen molar-refractivity contribution in [3.8, 4) is 22.3 Å². The number of fused-ring (bicyclic) bond motifs is 11. The Hall–Kier alpha value is -6.36. The van der Waals surface area contributed by atoms with Crippen molar-refractivity contribution in [2.45, 2.75) is 13.1 Å². The molecule has 0 atom stereocenters. The summed E-state index contributed by atoms with van der Waals surface area (Å²) in [5.74, 6) is 0. The number of nitrogens with zero attached hydrogens (tertiary/aromatic N) is 1. The van der Waals surface area contributed by atoms with Gasteiger partial charge in [0, 0.05) is 27.4 Å².